The summed E-state index contributed by atoms with van der Waals surface area (Å²) < 4.78 is 23.0. The van der Waals surface area contributed by atoms with Gasteiger partial charge in [-0.2, -0.15) is 0 Å². The van der Waals surface area contributed by atoms with E-state index in [1.54, 1.807) is 31.1 Å². The average molecular weight is 282 g/mol. The molecule has 1 aromatic rings. The molecule has 0 aliphatic carbocycles. The van der Waals surface area contributed by atoms with Crippen LogP contribution in [0.4, 0.5) is 5.69 Å². The fourth-order valence-corrected chi connectivity index (χ4v) is 4.10. The van der Waals surface area contributed by atoms with Gasteiger partial charge < -0.3 is 10.2 Å². The molecule has 0 saturated carbocycles. The summed E-state index contributed by atoms with van der Waals surface area (Å²) in [4.78, 5) is 14.0. The monoisotopic (exact) mass is 282 g/mol. The summed E-state index contributed by atoms with van der Waals surface area (Å²) >= 11 is 0. The van der Waals surface area contributed by atoms with Crippen molar-refractivity contribution in [3.05, 3.63) is 29.8 Å². The summed E-state index contributed by atoms with van der Waals surface area (Å²) in [6, 6.07) is 7.00. The van der Waals surface area contributed by atoms with Crippen LogP contribution in [0.3, 0.4) is 0 Å². The van der Waals surface area contributed by atoms with Crippen LogP contribution in [-0.4, -0.2) is 50.9 Å². The Morgan fingerprint density at radius 1 is 1.37 bits per heavy atom. The summed E-state index contributed by atoms with van der Waals surface area (Å²) in [5.74, 6) is 0.0898. The minimum Gasteiger partial charge on any atom is -0.387 e. The van der Waals surface area contributed by atoms with E-state index < -0.39 is 9.84 Å². The summed E-state index contributed by atoms with van der Waals surface area (Å²) in [6.45, 7) is 0. The fraction of sp³-hybridized carbons (Fsp3) is 0.462. The highest BCUT2D eigenvalue weighted by atomic mass is 32.2. The lowest BCUT2D eigenvalue weighted by Crippen LogP contribution is -2.38. The number of nitrogens with zero attached hydrogens (tertiary/aromatic N) is 1. The topological polar surface area (TPSA) is 66.5 Å². The Hall–Kier alpha value is -1.56. The van der Waals surface area contributed by atoms with Crippen LogP contribution in [0.5, 0.6) is 0 Å². The van der Waals surface area contributed by atoms with E-state index in [0.717, 1.165) is 5.69 Å². The highest BCUT2D eigenvalue weighted by Crippen LogP contribution is 2.21. The van der Waals surface area contributed by atoms with Crippen molar-refractivity contribution < 1.29 is 13.2 Å². The van der Waals surface area contributed by atoms with Crippen molar-refractivity contribution in [2.24, 2.45) is 0 Å². The van der Waals surface area contributed by atoms with Gasteiger partial charge in [0.15, 0.2) is 9.84 Å². The first-order chi connectivity index (χ1) is 8.94. The molecule has 0 radical (unpaired) electrons. The van der Waals surface area contributed by atoms with E-state index in [0.29, 0.717) is 12.0 Å². The Balaban J connectivity index is 2.20. The van der Waals surface area contributed by atoms with Gasteiger partial charge in [-0.05, 0) is 18.6 Å². The standard InChI is InChI=1S/C13H18N2O3S/c1-14-12-6-4-3-5-11(12)13(16)15(2)10-7-8-19(17,18)9-10/h3-6,10,14H,7-9H2,1-2H3. The zero-order valence-corrected chi connectivity index (χ0v) is 11.9. The van der Waals surface area contributed by atoms with Crippen LogP contribution in [0.25, 0.3) is 0 Å². The first kappa shape index (κ1) is 13.9. The third-order valence-corrected chi connectivity index (χ3v) is 5.25. The first-order valence-electron chi connectivity index (χ1n) is 6.19. The number of carbonyl (C=O) groups excluding carboxylic acids is 1. The van der Waals surface area contributed by atoms with Crippen molar-refractivity contribution in [2.45, 2.75) is 12.5 Å². The molecule has 0 aromatic heterocycles. The number of hydrogen-bond donors (Lipinski definition) is 1. The molecule has 0 bridgehead atoms. The molecule has 1 atom stereocenters. The maximum absolute atomic E-state index is 12.4. The van der Waals surface area contributed by atoms with Gasteiger partial charge in [0.1, 0.15) is 0 Å². The highest BCUT2D eigenvalue weighted by molar-refractivity contribution is 7.91. The van der Waals surface area contributed by atoms with Crippen LogP contribution in [0, 0.1) is 0 Å². The van der Waals surface area contributed by atoms with Crippen LogP contribution in [0.1, 0.15) is 16.8 Å². The maximum Gasteiger partial charge on any atom is 0.255 e. The lowest BCUT2D eigenvalue weighted by atomic mass is 10.1. The molecule has 1 saturated heterocycles. The Bertz CT molecular complexity index is 583. The van der Waals surface area contributed by atoms with Crippen LogP contribution in [0.2, 0.25) is 0 Å². The number of amides is 1. The van der Waals surface area contributed by atoms with Gasteiger partial charge >= 0.3 is 0 Å². The predicted octanol–water partition coefficient (Wildman–Crippen LogP) is 0.987. The van der Waals surface area contributed by atoms with Gasteiger partial charge in [-0.25, -0.2) is 8.42 Å². The number of para-hydroxylation sites is 1. The van der Waals surface area contributed by atoms with Crippen molar-refractivity contribution in [3.8, 4) is 0 Å². The maximum atomic E-state index is 12.4. The van der Waals surface area contributed by atoms with E-state index in [4.69, 9.17) is 0 Å². The van der Waals surface area contributed by atoms with Crippen molar-refractivity contribution in [1.82, 2.24) is 4.90 Å². The number of benzene rings is 1. The van der Waals surface area contributed by atoms with E-state index in [1.807, 2.05) is 12.1 Å². The van der Waals surface area contributed by atoms with Gasteiger partial charge in [0.2, 0.25) is 0 Å². The molecular weight excluding hydrogens is 264 g/mol. The van der Waals surface area contributed by atoms with Crippen molar-refractivity contribution in [3.63, 3.8) is 0 Å². The Kier molecular flexibility index (Phi) is 3.80. The first-order valence-corrected chi connectivity index (χ1v) is 8.01. The molecule has 1 fully saturated rings. The number of hydrogen-bond acceptors (Lipinski definition) is 4. The molecule has 5 nitrogen and oxygen atoms in total. The smallest absolute Gasteiger partial charge is 0.255 e. The van der Waals surface area contributed by atoms with Crippen molar-refractivity contribution in [2.75, 3.05) is 30.9 Å². The second kappa shape index (κ2) is 5.21. The minimum absolute atomic E-state index is 0.0664. The number of sulfone groups is 1. The molecular formula is C13H18N2O3S. The molecule has 1 aromatic carbocycles. The van der Waals surface area contributed by atoms with Crippen LogP contribution < -0.4 is 5.32 Å². The predicted molar refractivity (Wildman–Crippen MR) is 75.1 cm³/mol. The zero-order valence-electron chi connectivity index (χ0n) is 11.1. The normalized spacial score (nSPS) is 21.1. The Labute approximate surface area is 113 Å². The number of carbonyl (C=O) groups is 1. The Morgan fingerprint density at radius 3 is 2.63 bits per heavy atom. The molecule has 1 aliphatic rings. The van der Waals surface area contributed by atoms with Gasteiger partial charge in [0, 0.05) is 25.8 Å². The summed E-state index contributed by atoms with van der Waals surface area (Å²) in [5.41, 5.74) is 1.32. The Morgan fingerprint density at radius 2 is 2.05 bits per heavy atom. The van der Waals surface area contributed by atoms with Gasteiger partial charge in [0.25, 0.3) is 5.91 Å². The van der Waals surface area contributed by atoms with Gasteiger partial charge in [0.05, 0.1) is 17.1 Å². The molecule has 2 rings (SSSR count). The van der Waals surface area contributed by atoms with E-state index in [2.05, 4.69) is 5.32 Å². The molecule has 19 heavy (non-hydrogen) atoms. The molecule has 0 spiro atoms. The van der Waals surface area contributed by atoms with Crippen LogP contribution in [-0.2, 0) is 9.84 Å². The van der Waals surface area contributed by atoms with Crippen LogP contribution in [0.15, 0.2) is 24.3 Å². The summed E-state index contributed by atoms with van der Waals surface area (Å²) in [5, 5.41) is 2.97. The molecule has 1 amide bonds. The van der Waals surface area contributed by atoms with Crippen molar-refractivity contribution in [1.29, 1.82) is 0 Å². The zero-order chi connectivity index (χ0) is 14.0. The fourth-order valence-electron chi connectivity index (χ4n) is 2.32. The lowest BCUT2D eigenvalue weighted by molar-refractivity contribution is 0.0748. The highest BCUT2D eigenvalue weighted by Gasteiger charge is 2.33. The lowest BCUT2D eigenvalue weighted by Gasteiger charge is -2.24. The van der Waals surface area contributed by atoms with Gasteiger partial charge in [-0.3, -0.25) is 4.79 Å². The molecule has 1 N–H and O–H groups in total. The molecule has 1 unspecified atom stereocenters. The van der Waals surface area contributed by atoms with Gasteiger partial charge in [-0.1, -0.05) is 12.1 Å². The average Bonchev–Trinajstić information content (AvgIpc) is 2.77. The van der Waals surface area contributed by atoms with Crippen molar-refractivity contribution >= 4 is 21.4 Å². The second-order valence-corrected chi connectivity index (χ2v) is 7.00. The quantitative estimate of drug-likeness (QED) is 0.897. The minimum atomic E-state index is -2.98. The SMILES string of the molecule is CNc1ccccc1C(=O)N(C)C1CCS(=O)(=O)C1. The van der Waals surface area contributed by atoms with E-state index >= 15 is 0 Å². The summed E-state index contributed by atoms with van der Waals surface area (Å²) in [6.07, 6.45) is 0.520. The van der Waals surface area contributed by atoms with E-state index in [-0.39, 0.29) is 23.5 Å². The molecule has 1 aliphatic heterocycles. The third kappa shape index (κ3) is 2.89. The van der Waals surface area contributed by atoms with E-state index in [1.165, 1.54) is 0 Å². The molecule has 1 heterocycles. The molecule has 6 heteroatoms. The largest absolute Gasteiger partial charge is 0.387 e. The van der Waals surface area contributed by atoms with Crippen LogP contribution >= 0.6 is 0 Å². The molecule has 104 valence electrons. The third-order valence-electron chi connectivity index (χ3n) is 3.50. The van der Waals surface area contributed by atoms with Gasteiger partial charge in [-0.15, -0.1) is 0 Å². The number of anilines is 1. The number of rotatable bonds is 3. The number of nitrogens with one attached hydrogen (secondary N) is 1. The van der Waals surface area contributed by atoms with E-state index in [9.17, 15) is 13.2 Å². The summed E-state index contributed by atoms with van der Waals surface area (Å²) in [7, 11) is 0.442. The second-order valence-electron chi connectivity index (χ2n) is 4.77.